The average molecular weight is 222 g/mol. The van der Waals surface area contributed by atoms with Crippen LogP contribution in [0.1, 0.15) is 11.5 Å². The van der Waals surface area contributed by atoms with Gasteiger partial charge in [0.25, 0.3) is 5.24 Å². The van der Waals surface area contributed by atoms with Crippen LogP contribution in [0.5, 0.6) is 0 Å². The minimum absolute atomic E-state index is 0.341. The van der Waals surface area contributed by atoms with Crippen LogP contribution in [0.25, 0.3) is 11.1 Å². The van der Waals surface area contributed by atoms with E-state index in [9.17, 15) is 4.79 Å². The van der Waals surface area contributed by atoms with Crippen molar-refractivity contribution in [3.05, 3.63) is 29.7 Å². The first-order chi connectivity index (χ1) is 7.15. The maximum Gasteiger partial charge on any atom is 0.276 e. The minimum atomic E-state index is -0.341. The van der Waals surface area contributed by atoms with Gasteiger partial charge in [0, 0.05) is 13.5 Å². The van der Waals surface area contributed by atoms with E-state index in [0.29, 0.717) is 12.4 Å². The van der Waals surface area contributed by atoms with Gasteiger partial charge in [0.05, 0.1) is 0 Å². The monoisotopic (exact) mass is 222 g/mol. The summed E-state index contributed by atoms with van der Waals surface area (Å²) in [5.41, 5.74) is 2.53. The van der Waals surface area contributed by atoms with Crippen molar-refractivity contribution in [2.75, 3.05) is 0 Å². The Balaban J connectivity index is 2.26. The van der Waals surface area contributed by atoms with Crippen LogP contribution in [0, 0.1) is 6.92 Å². The fraction of sp³-hybridized carbons (Fsp3) is 0.200. The van der Waals surface area contributed by atoms with Crippen LogP contribution in [0.15, 0.2) is 22.6 Å². The third-order valence-electron chi connectivity index (χ3n) is 2.00. The molecule has 0 saturated carbocycles. The Morgan fingerprint density at radius 2 is 2.40 bits per heavy atom. The molecule has 2 rings (SSSR count). The lowest BCUT2D eigenvalue weighted by Gasteiger charge is -2.00. The zero-order valence-electron chi connectivity index (χ0n) is 8.15. The Morgan fingerprint density at radius 1 is 1.60 bits per heavy atom. The topological polar surface area (TPSA) is 55.1 Å². The molecule has 1 N–H and O–H groups in total. The molecule has 0 fully saturated rings. The summed E-state index contributed by atoms with van der Waals surface area (Å²) < 4.78 is 5.33. The average Bonchev–Trinajstić information content (AvgIpc) is 2.53. The molecule has 15 heavy (non-hydrogen) atoms. The summed E-state index contributed by atoms with van der Waals surface area (Å²) in [5.74, 6) is 0.639. The zero-order valence-corrected chi connectivity index (χ0v) is 9.04. The third-order valence-corrected chi connectivity index (χ3v) is 2.16. The number of nitrogens with zero attached hydrogens (tertiary/aromatic N) is 1. The number of carbonyl (C=O) groups is 1. The lowest BCUT2D eigenvalue weighted by Crippen LogP contribution is -2.15. The van der Waals surface area contributed by atoms with E-state index in [1.54, 1.807) is 6.92 Å². The molecule has 1 aromatic carbocycles. The molecule has 2 aromatic rings. The number of hydrogen-bond acceptors (Lipinski definition) is 3. The molecule has 0 saturated heterocycles. The Morgan fingerprint density at radius 3 is 3.13 bits per heavy atom. The molecular weight excluding hydrogens is 212 g/mol. The molecule has 0 aliphatic heterocycles. The van der Waals surface area contributed by atoms with E-state index in [2.05, 4.69) is 22.9 Å². The van der Waals surface area contributed by atoms with Gasteiger partial charge in [0.2, 0.25) is 0 Å². The molecule has 0 atom stereocenters. The first-order valence-corrected chi connectivity index (χ1v) is 4.93. The highest BCUT2D eigenvalue weighted by Gasteiger charge is 2.03. The molecule has 0 radical (unpaired) electrons. The van der Waals surface area contributed by atoms with Crippen molar-refractivity contribution < 1.29 is 9.21 Å². The largest absolute Gasteiger partial charge is 0.441 e. The second-order valence-corrected chi connectivity index (χ2v) is 3.60. The number of amides is 1. The van der Waals surface area contributed by atoms with E-state index < -0.39 is 0 Å². The number of thiol groups is 1. The Hall–Kier alpha value is -1.49. The Kier molecular flexibility index (Phi) is 2.64. The predicted octanol–water partition coefficient (Wildman–Crippen LogP) is 2.28. The number of rotatable bonds is 2. The molecule has 0 unspecified atom stereocenters. The zero-order chi connectivity index (χ0) is 10.8. The molecule has 0 bridgehead atoms. The second kappa shape index (κ2) is 3.94. The van der Waals surface area contributed by atoms with Crippen LogP contribution >= 0.6 is 12.6 Å². The summed E-state index contributed by atoms with van der Waals surface area (Å²) in [6, 6.07) is 5.61. The highest BCUT2D eigenvalue weighted by Crippen LogP contribution is 2.16. The molecule has 0 aliphatic rings. The number of fused-ring (bicyclic) bond motifs is 1. The summed E-state index contributed by atoms with van der Waals surface area (Å²) in [7, 11) is 0. The van der Waals surface area contributed by atoms with Crippen molar-refractivity contribution in [3.63, 3.8) is 0 Å². The van der Waals surface area contributed by atoms with Gasteiger partial charge < -0.3 is 9.73 Å². The Labute approximate surface area is 92.1 Å². The normalized spacial score (nSPS) is 10.5. The van der Waals surface area contributed by atoms with Crippen LogP contribution < -0.4 is 5.32 Å². The van der Waals surface area contributed by atoms with Crippen LogP contribution in [-0.4, -0.2) is 10.2 Å². The van der Waals surface area contributed by atoms with Crippen molar-refractivity contribution in [2.24, 2.45) is 0 Å². The highest BCUT2D eigenvalue weighted by molar-refractivity contribution is 7.96. The van der Waals surface area contributed by atoms with Crippen LogP contribution in [-0.2, 0) is 6.54 Å². The van der Waals surface area contributed by atoms with E-state index in [4.69, 9.17) is 4.42 Å². The van der Waals surface area contributed by atoms with Gasteiger partial charge in [-0.3, -0.25) is 4.79 Å². The van der Waals surface area contributed by atoms with Gasteiger partial charge >= 0.3 is 0 Å². The van der Waals surface area contributed by atoms with Gasteiger partial charge in [0.1, 0.15) is 5.52 Å². The van der Waals surface area contributed by atoms with Crippen LogP contribution in [0.3, 0.4) is 0 Å². The smallest absolute Gasteiger partial charge is 0.276 e. The molecular formula is C10H10N2O2S. The standard InChI is InChI=1S/C10H10N2O2S/c1-6-12-8-4-7(5-11-10(13)15)2-3-9(8)14-6/h2-4H,5H2,1H3,(H2,11,13,15). The summed E-state index contributed by atoms with van der Waals surface area (Å²) in [4.78, 5) is 14.8. The van der Waals surface area contributed by atoms with Gasteiger partial charge in [-0.25, -0.2) is 4.98 Å². The number of hydrogen-bond donors (Lipinski definition) is 2. The molecule has 5 heteroatoms. The van der Waals surface area contributed by atoms with E-state index in [1.807, 2.05) is 18.2 Å². The first-order valence-electron chi connectivity index (χ1n) is 4.48. The molecule has 78 valence electrons. The lowest BCUT2D eigenvalue weighted by atomic mass is 10.2. The van der Waals surface area contributed by atoms with E-state index in [-0.39, 0.29) is 5.24 Å². The second-order valence-electron chi connectivity index (χ2n) is 3.19. The van der Waals surface area contributed by atoms with E-state index in [0.717, 1.165) is 16.7 Å². The van der Waals surface area contributed by atoms with Crippen molar-refractivity contribution >= 4 is 29.0 Å². The van der Waals surface area contributed by atoms with Gasteiger partial charge in [-0.1, -0.05) is 18.7 Å². The predicted molar refractivity (Wildman–Crippen MR) is 60.0 cm³/mol. The van der Waals surface area contributed by atoms with Gasteiger partial charge in [-0.15, -0.1) is 0 Å². The van der Waals surface area contributed by atoms with Crippen molar-refractivity contribution in [1.82, 2.24) is 10.3 Å². The van der Waals surface area contributed by atoms with Crippen LogP contribution in [0.2, 0.25) is 0 Å². The molecule has 1 heterocycles. The van der Waals surface area contributed by atoms with Gasteiger partial charge in [-0.2, -0.15) is 0 Å². The summed E-state index contributed by atoms with van der Waals surface area (Å²) in [6.45, 7) is 2.25. The first kappa shape index (κ1) is 10.0. The molecule has 1 amide bonds. The molecule has 0 spiro atoms. The fourth-order valence-corrected chi connectivity index (χ4v) is 1.45. The minimum Gasteiger partial charge on any atom is -0.441 e. The van der Waals surface area contributed by atoms with Crippen molar-refractivity contribution in [3.8, 4) is 0 Å². The van der Waals surface area contributed by atoms with E-state index >= 15 is 0 Å². The molecule has 4 nitrogen and oxygen atoms in total. The summed E-state index contributed by atoms with van der Waals surface area (Å²) in [5, 5.41) is 2.26. The SMILES string of the molecule is Cc1nc2cc(CNC(=O)S)ccc2o1. The lowest BCUT2D eigenvalue weighted by molar-refractivity contribution is 0.260. The van der Waals surface area contributed by atoms with Gasteiger partial charge in [0.15, 0.2) is 11.5 Å². The van der Waals surface area contributed by atoms with E-state index in [1.165, 1.54) is 0 Å². The maximum atomic E-state index is 10.6. The number of carbonyl (C=O) groups excluding carboxylic acids is 1. The number of benzene rings is 1. The summed E-state index contributed by atoms with van der Waals surface area (Å²) in [6.07, 6.45) is 0. The van der Waals surface area contributed by atoms with Gasteiger partial charge in [-0.05, 0) is 17.7 Å². The van der Waals surface area contributed by atoms with Crippen LogP contribution in [0.4, 0.5) is 4.79 Å². The third kappa shape index (κ3) is 2.30. The number of aryl methyl sites for hydroxylation is 1. The number of oxazole rings is 1. The molecule has 0 aliphatic carbocycles. The van der Waals surface area contributed by atoms with Crippen molar-refractivity contribution in [2.45, 2.75) is 13.5 Å². The number of aromatic nitrogens is 1. The maximum absolute atomic E-state index is 10.6. The summed E-state index contributed by atoms with van der Waals surface area (Å²) >= 11 is 3.62. The highest BCUT2D eigenvalue weighted by atomic mass is 32.1. The van der Waals surface area contributed by atoms with Crippen molar-refractivity contribution in [1.29, 1.82) is 0 Å². The Bertz CT molecular complexity index is 507. The quantitative estimate of drug-likeness (QED) is 0.766. The molecule has 1 aromatic heterocycles. The fourth-order valence-electron chi connectivity index (χ4n) is 1.38. The number of nitrogens with one attached hydrogen (secondary N) is 1.